The summed E-state index contributed by atoms with van der Waals surface area (Å²) in [7, 11) is 0. The zero-order valence-corrected chi connectivity index (χ0v) is 10.6. The molecule has 0 aliphatic carbocycles. The maximum Gasteiger partial charge on any atom is 0.241 e. The topological polar surface area (TPSA) is 84.2 Å². The second-order valence-electron chi connectivity index (χ2n) is 4.33. The average molecular weight is 249 g/mol. The van der Waals surface area contributed by atoms with E-state index in [1.54, 1.807) is 12.1 Å². The lowest BCUT2D eigenvalue weighted by Crippen LogP contribution is -2.42. The van der Waals surface area contributed by atoms with E-state index in [9.17, 15) is 9.59 Å². The third-order valence-electron chi connectivity index (χ3n) is 2.31. The molecule has 0 saturated heterocycles. The van der Waals surface area contributed by atoms with Gasteiger partial charge in [-0.2, -0.15) is 0 Å². The van der Waals surface area contributed by atoms with Crippen LogP contribution in [0.1, 0.15) is 25.5 Å². The van der Waals surface area contributed by atoms with Gasteiger partial charge in [0.05, 0.1) is 6.54 Å². The van der Waals surface area contributed by atoms with Crippen LogP contribution in [-0.4, -0.2) is 24.4 Å². The van der Waals surface area contributed by atoms with Crippen molar-refractivity contribution in [3.63, 3.8) is 0 Å². The normalized spacial score (nSPS) is 12.0. The molecule has 0 saturated carbocycles. The van der Waals surface area contributed by atoms with Gasteiger partial charge in [0, 0.05) is 6.04 Å². The molecule has 1 rings (SSSR count). The number of carbonyl (C=O) groups is 2. The molecule has 0 radical (unpaired) electrons. The van der Waals surface area contributed by atoms with Crippen molar-refractivity contribution in [1.29, 1.82) is 0 Å². The van der Waals surface area contributed by atoms with Crippen molar-refractivity contribution in [3.8, 4) is 0 Å². The van der Waals surface area contributed by atoms with Crippen LogP contribution >= 0.6 is 0 Å². The molecule has 0 bridgehead atoms. The summed E-state index contributed by atoms with van der Waals surface area (Å²) in [6, 6.07) is 8.33. The molecule has 0 aliphatic heterocycles. The Hall–Kier alpha value is -1.88. The summed E-state index contributed by atoms with van der Waals surface area (Å²) in [5, 5.41) is 5.19. The SMILES string of the molecule is CC(C)NC(=O)CNC(=O)C(N)c1ccccc1. The molecule has 0 heterocycles. The van der Waals surface area contributed by atoms with Crippen molar-refractivity contribution in [1.82, 2.24) is 10.6 Å². The molecular weight excluding hydrogens is 230 g/mol. The van der Waals surface area contributed by atoms with E-state index in [0.717, 1.165) is 5.56 Å². The van der Waals surface area contributed by atoms with E-state index in [1.165, 1.54) is 0 Å². The van der Waals surface area contributed by atoms with Crippen LogP contribution in [0.2, 0.25) is 0 Å². The third-order valence-corrected chi connectivity index (χ3v) is 2.31. The highest BCUT2D eigenvalue weighted by Crippen LogP contribution is 2.08. The first-order chi connectivity index (χ1) is 8.50. The van der Waals surface area contributed by atoms with Gasteiger partial charge in [0.1, 0.15) is 6.04 Å². The summed E-state index contributed by atoms with van der Waals surface area (Å²) in [6.07, 6.45) is 0. The molecule has 18 heavy (non-hydrogen) atoms. The van der Waals surface area contributed by atoms with Gasteiger partial charge in [-0.15, -0.1) is 0 Å². The molecule has 0 aromatic heterocycles. The van der Waals surface area contributed by atoms with Gasteiger partial charge >= 0.3 is 0 Å². The minimum absolute atomic E-state index is 0.0530. The van der Waals surface area contributed by atoms with Crippen molar-refractivity contribution in [2.45, 2.75) is 25.9 Å². The smallest absolute Gasteiger partial charge is 0.241 e. The molecule has 0 aliphatic rings. The summed E-state index contributed by atoms with van der Waals surface area (Å²) in [6.45, 7) is 3.66. The molecule has 1 aromatic carbocycles. The Labute approximate surface area is 107 Å². The molecule has 0 spiro atoms. The first kappa shape index (κ1) is 14.2. The Bertz CT molecular complexity index is 404. The fourth-order valence-corrected chi connectivity index (χ4v) is 1.46. The second kappa shape index (κ2) is 6.76. The maximum atomic E-state index is 11.7. The van der Waals surface area contributed by atoms with E-state index in [1.807, 2.05) is 32.0 Å². The number of hydrogen-bond donors (Lipinski definition) is 3. The van der Waals surface area contributed by atoms with E-state index >= 15 is 0 Å². The number of nitrogens with one attached hydrogen (secondary N) is 2. The Kier molecular flexibility index (Phi) is 5.32. The first-order valence-electron chi connectivity index (χ1n) is 5.88. The van der Waals surface area contributed by atoms with E-state index in [2.05, 4.69) is 10.6 Å². The average Bonchev–Trinajstić information content (AvgIpc) is 2.35. The van der Waals surface area contributed by atoms with E-state index in [0.29, 0.717) is 0 Å². The Morgan fingerprint density at radius 1 is 1.22 bits per heavy atom. The largest absolute Gasteiger partial charge is 0.352 e. The highest BCUT2D eigenvalue weighted by molar-refractivity contribution is 5.88. The van der Waals surface area contributed by atoms with Crippen molar-refractivity contribution in [2.75, 3.05) is 6.54 Å². The summed E-state index contributed by atoms with van der Waals surface area (Å²) >= 11 is 0. The lowest BCUT2D eigenvalue weighted by atomic mass is 10.1. The number of amides is 2. The molecule has 5 heteroatoms. The van der Waals surface area contributed by atoms with Gasteiger partial charge < -0.3 is 16.4 Å². The predicted molar refractivity (Wildman–Crippen MR) is 69.7 cm³/mol. The van der Waals surface area contributed by atoms with Crippen LogP contribution in [0.4, 0.5) is 0 Å². The summed E-state index contributed by atoms with van der Waals surface area (Å²) in [5.74, 6) is -0.585. The molecule has 4 N–H and O–H groups in total. The Morgan fingerprint density at radius 3 is 2.39 bits per heavy atom. The maximum absolute atomic E-state index is 11.7. The fourth-order valence-electron chi connectivity index (χ4n) is 1.46. The monoisotopic (exact) mass is 249 g/mol. The van der Waals surface area contributed by atoms with Gasteiger partial charge in [-0.25, -0.2) is 0 Å². The van der Waals surface area contributed by atoms with Crippen molar-refractivity contribution >= 4 is 11.8 Å². The predicted octanol–water partition coefficient (Wildman–Crippen LogP) is 0.327. The third kappa shape index (κ3) is 4.55. The van der Waals surface area contributed by atoms with Gasteiger partial charge in [-0.1, -0.05) is 30.3 Å². The summed E-state index contributed by atoms with van der Waals surface area (Å²) in [4.78, 5) is 23.1. The Balaban J connectivity index is 2.44. The van der Waals surface area contributed by atoms with Crippen molar-refractivity contribution in [2.24, 2.45) is 5.73 Å². The first-order valence-corrected chi connectivity index (χ1v) is 5.88. The van der Waals surface area contributed by atoms with Gasteiger partial charge in [0.25, 0.3) is 0 Å². The summed E-state index contributed by atoms with van der Waals surface area (Å²) < 4.78 is 0. The van der Waals surface area contributed by atoms with Crippen LogP contribution in [0.15, 0.2) is 30.3 Å². The van der Waals surface area contributed by atoms with E-state index in [-0.39, 0.29) is 24.4 Å². The zero-order chi connectivity index (χ0) is 13.5. The Morgan fingerprint density at radius 2 is 1.83 bits per heavy atom. The van der Waals surface area contributed by atoms with Gasteiger partial charge in [0.2, 0.25) is 11.8 Å². The molecular formula is C13H19N3O2. The van der Waals surface area contributed by atoms with Crippen LogP contribution in [0.25, 0.3) is 0 Å². The quantitative estimate of drug-likeness (QED) is 0.703. The van der Waals surface area contributed by atoms with Crippen LogP contribution in [0.3, 0.4) is 0 Å². The van der Waals surface area contributed by atoms with Gasteiger partial charge in [0.15, 0.2) is 0 Å². The molecule has 5 nitrogen and oxygen atoms in total. The molecule has 1 atom stereocenters. The number of rotatable bonds is 5. The highest BCUT2D eigenvalue weighted by Gasteiger charge is 2.15. The zero-order valence-electron chi connectivity index (χ0n) is 10.6. The minimum atomic E-state index is -0.752. The fraction of sp³-hybridized carbons (Fsp3) is 0.385. The lowest BCUT2D eigenvalue weighted by molar-refractivity contribution is -0.127. The van der Waals surface area contributed by atoms with Crippen molar-refractivity contribution in [3.05, 3.63) is 35.9 Å². The van der Waals surface area contributed by atoms with Crippen LogP contribution in [0, 0.1) is 0 Å². The van der Waals surface area contributed by atoms with Gasteiger partial charge in [-0.05, 0) is 19.4 Å². The van der Waals surface area contributed by atoms with E-state index in [4.69, 9.17) is 5.73 Å². The molecule has 2 amide bonds. The minimum Gasteiger partial charge on any atom is -0.352 e. The number of carbonyl (C=O) groups excluding carboxylic acids is 2. The van der Waals surface area contributed by atoms with Crippen LogP contribution < -0.4 is 16.4 Å². The number of hydrogen-bond acceptors (Lipinski definition) is 3. The van der Waals surface area contributed by atoms with E-state index < -0.39 is 6.04 Å². The highest BCUT2D eigenvalue weighted by atomic mass is 16.2. The molecule has 1 aromatic rings. The van der Waals surface area contributed by atoms with Crippen LogP contribution in [-0.2, 0) is 9.59 Å². The summed E-state index contributed by atoms with van der Waals surface area (Å²) in [5.41, 5.74) is 6.50. The number of nitrogens with two attached hydrogens (primary N) is 1. The van der Waals surface area contributed by atoms with Crippen LogP contribution in [0.5, 0.6) is 0 Å². The standard InChI is InChI=1S/C13H19N3O2/c1-9(2)16-11(17)8-15-13(18)12(14)10-6-4-3-5-7-10/h3-7,9,12H,8,14H2,1-2H3,(H,15,18)(H,16,17). The molecule has 98 valence electrons. The lowest BCUT2D eigenvalue weighted by Gasteiger charge is -2.13. The van der Waals surface area contributed by atoms with Crippen molar-refractivity contribution < 1.29 is 9.59 Å². The molecule has 1 unspecified atom stereocenters. The van der Waals surface area contributed by atoms with Gasteiger partial charge in [-0.3, -0.25) is 9.59 Å². The number of benzene rings is 1. The second-order valence-corrected chi connectivity index (χ2v) is 4.33. The molecule has 0 fully saturated rings.